The van der Waals surface area contributed by atoms with Crippen LogP contribution in [0.2, 0.25) is 0 Å². The molecule has 3 rings (SSSR count). The summed E-state index contributed by atoms with van der Waals surface area (Å²) in [5.74, 6) is -0.319. The van der Waals surface area contributed by atoms with E-state index in [4.69, 9.17) is 14.2 Å². The second-order valence-electron chi connectivity index (χ2n) is 7.11. The molecule has 0 heterocycles. The van der Waals surface area contributed by atoms with Crippen LogP contribution >= 0.6 is 0 Å². The van der Waals surface area contributed by atoms with Crippen molar-refractivity contribution in [2.75, 3.05) is 21.3 Å². The molecule has 0 aliphatic carbocycles. The molecule has 0 bridgehead atoms. The van der Waals surface area contributed by atoms with E-state index in [9.17, 15) is 25.2 Å². The molecule has 4 N–H and O–H groups in total. The third kappa shape index (κ3) is 4.95. The van der Waals surface area contributed by atoms with Crippen molar-refractivity contribution in [2.24, 2.45) is 0 Å². The lowest BCUT2D eigenvalue weighted by atomic mass is 9.98. The average molecular weight is 452 g/mol. The number of rotatable bonds is 8. The second kappa shape index (κ2) is 9.86. The molecule has 0 aromatic heterocycles. The van der Waals surface area contributed by atoms with Gasteiger partial charge in [-0.25, -0.2) is 0 Å². The lowest BCUT2D eigenvalue weighted by Crippen LogP contribution is -2.02. The maximum atomic E-state index is 12.8. The van der Waals surface area contributed by atoms with Gasteiger partial charge in [0.2, 0.25) is 0 Å². The second-order valence-corrected chi connectivity index (χ2v) is 7.11. The standard InChI is InChI=1S/C25H24O8/c1-31-23-9-5-15(26)12-17(23)19(27)8-6-16-21(29)13-24(32-2)18(25(16)33-3)10-14-4-7-20(28)22(30)11-14/h4-9,11-13,26,28-30H,10H2,1-3H3/b8-6+. The minimum absolute atomic E-state index is 0.0862. The summed E-state index contributed by atoms with van der Waals surface area (Å²) < 4.78 is 16.1. The van der Waals surface area contributed by atoms with Crippen LogP contribution < -0.4 is 14.2 Å². The Bertz CT molecular complexity index is 1210. The van der Waals surface area contributed by atoms with Gasteiger partial charge < -0.3 is 34.6 Å². The molecule has 3 aromatic rings. The van der Waals surface area contributed by atoms with Crippen molar-refractivity contribution in [3.05, 3.63) is 70.8 Å². The average Bonchev–Trinajstić information content (AvgIpc) is 2.80. The van der Waals surface area contributed by atoms with Crippen LogP contribution in [0.5, 0.6) is 40.2 Å². The molecular formula is C25H24O8. The highest BCUT2D eigenvalue weighted by molar-refractivity contribution is 6.09. The summed E-state index contributed by atoms with van der Waals surface area (Å²) in [6.45, 7) is 0. The van der Waals surface area contributed by atoms with E-state index in [0.29, 0.717) is 22.6 Å². The first-order valence-corrected chi connectivity index (χ1v) is 9.86. The highest BCUT2D eigenvalue weighted by Crippen LogP contribution is 2.41. The Kier molecular flexibility index (Phi) is 6.97. The molecule has 0 aliphatic rings. The van der Waals surface area contributed by atoms with E-state index < -0.39 is 5.78 Å². The Morgan fingerprint density at radius 1 is 0.818 bits per heavy atom. The van der Waals surface area contributed by atoms with Crippen LogP contribution in [0.15, 0.2) is 48.5 Å². The number of allylic oxidation sites excluding steroid dienone is 1. The maximum absolute atomic E-state index is 12.8. The molecule has 0 unspecified atom stereocenters. The van der Waals surface area contributed by atoms with Crippen molar-refractivity contribution in [1.82, 2.24) is 0 Å². The molecule has 8 nitrogen and oxygen atoms in total. The zero-order valence-electron chi connectivity index (χ0n) is 18.3. The SMILES string of the molecule is COc1ccc(O)cc1C(=O)/C=C/c1c(O)cc(OC)c(Cc2ccc(O)c(O)c2)c1OC. The Balaban J connectivity index is 2.05. The summed E-state index contributed by atoms with van der Waals surface area (Å²) in [6, 6.07) is 9.99. The molecule has 8 heteroatoms. The highest BCUT2D eigenvalue weighted by atomic mass is 16.5. The quantitative estimate of drug-likeness (QED) is 0.229. The van der Waals surface area contributed by atoms with E-state index in [0.717, 1.165) is 0 Å². The van der Waals surface area contributed by atoms with Gasteiger partial charge in [0.15, 0.2) is 17.3 Å². The molecule has 3 aromatic carbocycles. The summed E-state index contributed by atoms with van der Waals surface area (Å²) in [5, 5.41) is 39.7. The molecule has 0 fully saturated rings. The number of methoxy groups -OCH3 is 3. The number of hydrogen-bond acceptors (Lipinski definition) is 8. The van der Waals surface area contributed by atoms with Crippen LogP contribution in [0.4, 0.5) is 0 Å². The number of ketones is 1. The van der Waals surface area contributed by atoms with Gasteiger partial charge in [0.05, 0.1) is 32.5 Å². The zero-order valence-corrected chi connectivity index (χ0v) is 18.3. The van der Waals surface area contributed by atoms with Crippen LogP contribution in [-0.4, -0.2) is 47.5 Å². The molecular weight excluding hydrogens is 428 g/mol. The molecule has 0 aliphatic heterocycles. The minimum atomic E-state index is -0.454. The van der Waals surface area contributed by atoms with Crippen LogP contribution in [-0.2, 0) is 6.42 Å². The van der Waals surface area contributed by atoms with Gasteiger partial charge in [-0.15, -0.1) is 0 Å². The van der Waals surface area contributed by atoms with Crippen molar-refractivity contribution >= 4 is 11.9 Å². The van der Waals surface area contributed by atoms with Crippen molar-refractivity contribution in [3.8, 4) is 40.2 Å². The summed E-state index contributed by atoms with van der Waals surface area (Å²) in [4.78, 5) is 12.8. The summed E-state index contributed by atoms with van der Waals surface area (Å²) in [6.07, 6.45) is 2.88. The number of ether oxygens (including phenoxy) is 3. The van der Waals surface area contributed by atoms with Crippen LogP contribution in [0.25, 0.3) is 6.08 Å². The lowest BCUT2D eigenvalue weighted by Gasteiger charge is -2.17. The Labute approximate surface area is 190 Å². The van der Waals surface area contributed by atoms with E-state index in [1.165, 1.54) is 69.9 Å². The first kappa shape index (κ1) is 23.3. The smallest absolute Gasteiger partial charge is 0.189 e. The first-order chi connectivity index (χ1) is 15.8. The van der Waals surface area contributed by atoms with Crippen LogP contribution in [0.3, 0.4) is 0 Å². The molecule has 0 saturated heterocycles. The third-order valence-electron chi connectivity index (χ3n) is 5.05. The minimum Gasteiger partial charge on any atom is -0.508 e. The first-order valence-electron chi connectivity index (χ1n) is 9.86. The Morgan fingerprint density at radius 3 is 2.18 bits per heavy atom. The molecule has 0 radical (unpaired) electrons. The monoisotopic (exact) mass is 452 g/mol. The van der Waals surface area contributed by atoms with Crippen molar-refractivity contribution in [1.29, 1.82) is 0 Å². The van der Waals surface area contributed by atoms with Gasteiger partial charge >= 0.3 is 0 Å². The topological polar surface area (TPSA) is 126 Å². The third-order valence-corrected chi connectivity index (χ3v) is 5.05. The fraction of sp³-hybridized carbons (Fsp3) is 0.160. The largest absolute Gasteiger partial charge is 0.508 e. The van der Waals surface area contributed by atoms with Crippen molar-refractivity contribution in [3.63, 3.8) is 0 Å². The maximum Gasteiger partial charge on any atom is 0.189 e. The van der Waals surface area contributed by atoms with Gasteiger partial charge in [-0.05, 0) is 48.0 Å². The van der Waals surface area contributed by atoms with Crippen molar-refractivity contribution < 1.29 is 39.4 Å². The summed E-state index contributed by atoms with van der Waals surface area (Å²) in [5.41, 5.74) is 1.61. The molecule has 172 valence electrons. The van der Waals surface area contributed by atoms with E-state index in [-0.39, 0.29) is 46.3 Å². The molecule has 0 amide bonds. The van der Waals surface area contributed by atoms with Crippen molar-refractivity contribution in [2.45, 2.75) is 6.42 Å². The van der Waals surface area contributed by atoms with Crippen LogP contribution in [0, 0.1) is 0 Å². The van der Waals surface area contributed by atoms with E-state index >= 15 is 0 Å². The van der Waals surface area contributed by atoms with Gasteiger partial charge in [0, 0.05) is 18.1 Å². The van der Waals surface area contributed by atoms with E-state index in [2.05, 4.69) is 0 Å². The van der Waals surface area contributed by atoms with Gasteiger partial charge in [-0.3, -0.25) is 4.79 Å². The highest BCUT2D eigenvalue weighted by Gasteiger charge is 2.20. The summed E-state index contributed by atoms with van der Waals surface area (Å²) >= 11 is 0. The zero-order chi connectivity index (χ0) is 24.1. The number of hydrogen-bond donors (Lipinski definition) is 4. The number of phenolic OH excluding ortho intramolecular Hbond substituents is 4. The number of aromatic hydroxyl groups is 4. The number of carbonyl (C=O) groups is 1. The predicted octanol–water partition coefficient (Wildman–Crippen LogP) is 4.02. The Morgan fingerprint density at radius 2 is 1.55 bits per heavy atom. The summed E-state index contributed by atoms with van der Waals surface area (Å²) in [7, 11) is 4.28. The fourth-order valence-electron chi connectivity index (χ4n) is 3.44. The number of carbonyl (C=O) groups excluding carboxylic acids is 1. The van der Waals surface area contributed by atoms with Gasteiger partial charge in [-0.2, -0.15) is 0 Å². The predicted molar refractivity (Wildman–Crippen MR) is 122 cm³/mol. The molecule has 0 atom stereocenters. The van der Waals surface area contributed by atoms with E-state index in [1.54, 1.807) is 6.07 Å². The Hall–Kier alpha value is -4.33. The van der Waals surface area contributed by atoms with E-state index in [1.807, 2.05) is 0 Å². The molecule has 33 heavy (non-hydrogen) atoms. The van der Waals surface area contributed by atoms with Gasteiger partial charge in [0.1, 0.15) is 28.7 Å². The normalized spacial score (nSPS) is 10.9. The van der Waals surface area contributed by atoms with Crippen LogP contribution in [0.1, 0.15) is 27.0 Å². The van der Waals surface area contributed by atoms with Gasteiger partial charge in [0.25, 0.3) is 0 Å². The number of phenols is 4. The molecule has 0 spiro atoms. The van der Waals surface area contributed by atoms with Gasteiger partial charge in [-0.1, -0.05) is 6.07 Å². The lowest BCUT2D eigenvalue weighted by molar-refractivity contribution is 0.104. The number of benzene rings is 3. The fourth-order valence-corrected chi connectivity index (χ4v) is 3.44. The molecule has 0 saturated carbocycles.